The number of hydrogen-bond donors (Lipinski definition) is 3. The fourth-order valence-corrected chi connectivity index (χ4v) is 5.04. The predicted octanol–water partition coefficient (Wildman–Crippen LogP) is 5.60. The summed E-state index contributed by atoms with van der Waals surface area (Å²) in [6, 6.07) is 14.3. The second-order valence-corrected chi connectivity index (χ2v) is 12.3. The lowest BCUT2D eigenvalue weighted by molar-refractivity contribution is 0.0351. The average Bonchev–Trinajstić information content (AvgIpc) is 2.96. The van der Waals surface area contributed by atoms with Crippen LogP contribution in [0.4, 0.5) is 20.2 Å². The first-order valence-electron chi connectivity index (χ1n) is 14.2. The normalized spacial score (nSPS) is 14.9. The molecule has 5 rings (SSSR count). The Bertz CT molecular complexity index is 1680. The summed E-state index contributed by atoms with van der Waals surface area (Å²) in [7, 11) is 0. The van der Waals surface area contributed by atoms with E-state index in [0.29, 0.717) is 24.1 Å². The number of aromatic nitrogens is 3. The Morgan fingerprint density at radius 3 is 2.40 bits per heavy atom. The number of aromatic amines is 1. The minimum absolute atomic E-state index is 0.0779. The van der Waals surface area contributed by atoms with Crippen LogP contribution in [0.15, 0.2) is 65.6 Å². The SMILES string of the molecule is CC1(O)CCN(c2ccc(Cc3cc(-c4ccc(F)c(NC(=O)c5ccc(C(C)(C)C)cc5)c4F)n[nH]c3=O)nc2)CC1. The van der Waals surface area contributed by atoms with E-state index in [1.165, 1.54) is 12.1 Å². The number of pyridine rings is 1. The molecule has 0 bridgehead atoms. The smallest absolute Gasteiger partial charge is 0.267 e. The van der Waals surface area contributed by atoms with Crippen LogP contribution in [-0.2, 0) is 11.8 Å². The molecule has 1 amide bonds. The molecule has 4 aromatic rings. The monoisotopic (exact) mass is 587 g/mol. The van der Waals surface area contributed by atoms with E-state index >= 15 is 4.39 Å². The highest BCUT2D eigenvalue weighted by atomic mass is 19.1. The molecule has 3 heterocycles. The number of aliphatic hydroxyl groups is 1. The topological polar surface area (TPSA) is 111 Å². The van der Waals surface area contributed by atoms with Crippen molar-refractivity contribution in [3.63, 3.8) is 0 Å². The Kier molecular flexibility index (Phi) is 8.16. The lowest BCUT2D eigenvalue weighted by atomic mass is 9.87. The molecule has 0 spiro atoms. The second kappa shape index (κ2) is 11.7. The van der Waals surface area contributed by atoms with Crippen molar-refractivity contribution < 1.29 is 18.7 Å². The maximum Gasteiger partial charge on any atom is 0.267 e. The Hall–Kier alpha value is -4.44. The molecular formula is C33H35F2N5O3. The summed E-state index contributed by atoms with van der Waals surface area (Å²) in [6.07, 6.45) is 3.23. The summed E-state index contributed by atoms with van der Waals surface area (Å²) >= 11 is 0. The first-order chi connectivity index (χ1) is 20.3. The molecule has 0 unspecified atom stereocenters. The van der Waals surface area contributed by atoms with Crippen LogP contribution >= 0.6 is 0 Å². The summed E-state index contributed by atoms with van der Waals surface area (Å²) in [5.41, 5.74) is 1.30. The molecule has 1 aliphatic heterocycles. The number of halogens is 2. The molecule has 1 saturated heterocycles. The molecule has 1 aliphatic rings. The number of carbonyl (C=O) groups excluding carboxylic acids is 1. The molecule has 224 valence electrons. The molecule has 0 aliphatic carbocycles. The lowest BCUT2D eigenvalue weighted by Gasteiger charge is -2.37. The summed E-state index contributed by atoms with van der Waals surface area (Å²) in [4.78, 5) is 32.1. The Morgan fingerprint density at radius 2 is 1.77 bits per heavy atom. The molecular weight excluding hydrogens is 552 g/mol. The molecule has 3 N–H and O–H groups in total. The third-order valence-electron chi connectivity index (χ3n) is 7.89. The van der Waals surface area contributed by atoms with Crippen molar-refractivity contribution in [3.05, 3.63) is 105 Å². The van der Waals surface area contributed by atoms with Gasteiger partial charge in [-0.05, 0) is 73.2 Å². The quantitative estimate of drug-likeness (QED) is 0.271. The first kappa shape index (κ1) is 30.0. The lowest BCUT2D eigenvalue weighted by Crippen LogP contribution is -2.42. The Balaban J connectivity index is 1.34. The molecule has 10 heteroatoms. The number of benzene rings is 2. The zero-order valence-corrected chi connectivity index (χ0v) is 24.7. The number of carbonyl (C=O) groups is 1. The third-order valence-corrected chi connectivity index (χ3v) is 7.89. The van der Waals surface area contributed by atoms with E-state index in [4.69, 9.17) is 0 Å². The van der Waals surface area contributed by atoms with E-state index in [1.54, 1.807) is 18.3 Å². The van der Waals surface area contributed by atoms with Gasteiger partial charge in [-0.25, -0.2) is 13.9 Å². The molecule has 1 fully saturated rings. The number of piperidine rings is 1. The van der Waals surface area contributed by atoms with Gasteiger partial charge in [-0.3, -0.25) is 14.6 Å². The van der Waals surface area contributed by atoms with Crippen molar-refractivity contribution in [2.24, 2.45) is 0 Å². The van der Waals surface area contributed by atoms with E-state index in [-0.39, 0.29) is 28.7 Å². The zero-order chi connectivity index (χ0) is 30.9. The largest absolute Gasteiger partial charge is 0.390 e. The fraction of sp³-hybridized carbons (Fsp3) is 0.333. The molecule has 0 saturated carbocycles. The summed E-state index contributed by atoms with van der Waals surface area (Å²) in [6.45, 7) is 9.42. The Labute approximate surface area is 248 Å². The average molecular weight is 588 g/mol. The van der Waals surface area contributed by atoms with Crippen LogP contribution in [0.1, 0.15) is 67.7 Å². The molecule has 2 aromatic heterocycles. The second-order valence-electron chi connectivity index (χ2n) is 12.3. The minimum Gasteiger partial charge on any atom is -0.390 e. The van der Waals surface area contributed by atoms with E-state index in [1.807, 2.05) is 52.0 Å². The van der Waals surface area contributed by atoms with Crippen LogP contribution in [0.2, 0.25) is 0 Å². The number of hydrogen-bond acceptors (Lipinski definition) is 6. The van der Waals surface area contributed by atoms with Gasteiger partial charge in [0.15, 0.2) is 5.82 Å². The van der Waals surface area contributed by atoms with Crippen molar-refractivity contribution in [1.29, 1.82) is 0 Å². The zero-order valence-electron chi connectivity index (χ0n) is 24.7. The number of H-pyrrole nitrogens is 1. The molecule has 0 atom stereocenters. The maximum absolute atomic E-state index is 15.6. The highest BCUT2D eigenvalue weighted by Gasteiger charge is 2.27. The van der Waals surface area contributed by atoms with Gasteiger partial charge < -0.3 is 15.3 Å². The Morgan fingerprint density at radius 1 is 1.07 bits per heavy atom. The van der Waals surface area contributed by atoms with Crippen LogP contribution in [0.25, 0.3) is 11.3 Å². The molecule has 43 heavy (non-hydrogen) atoms. The first-order valence-corrected chi connectivity index (χ1v) is 14.2. The fourth-order valence-electron chi connectivity index (χ4n) is 5.04. The van der Waals surface area contributed by atoms with Gasteiger partial charge in [0.25, 0.3) is 11.5 Å². The van der Waals surface area contributed by atoms with Gasteiger partial charge >= 0.3 is 0 Å². The van der Waals surface area contributed by atoms with Gasteiger partial charge in [0.2, 0.25) is 0 Å². The van der Waals surface area contributed by atoms with Crippen molar-refractivity contribution >= 4 is 17.3 Å². The van der Waals surface area contributed by atoms with Gasteiger partial charge in [0.05, 0.1) is 23.2 Å². The third kappa shape index (κ3) is 6.80. The van der Waals surface area contributed by atoms with Gasteiger partial charge in [0.1, 0.15) is 11.5 Å². The number of nitrogens with zero attached hydrogens (tertiary/aromatic N) is 3. The highest BCUT2D eigenvalue weighted by molar-refractivity contribution is 6.04. The minimum atomic E-state index is -1.01. The van der Waals surface area contributed by atoms with Crippen molar-refractivity contribution in [1.82, 2.24) is 15.2 Å². The van der Waals surface area contributed by atoms with E-state index < -0.39 is 34.4 Å². The number of rotatable bonds is 6. The standard InChI is InChI=1S/C33H35F2N5O3/c1-32(2,3)22-7-5-20(6-8-22)30(41)37-29-26(34)12-11-25(28(29)35)27-18-21(31(42)39-38-27)17-23-9-10-24(19-36-23)40-15-13-33(4,43)14-16-40/h5-12,18-19,43H,13-17H2,1-4H3,(H,37,41)(H,39,42). The molecule has 0 radical (unpaired) electrons. The molecule has 2 aromatic carbocycles. The van der Waals surface area contributed by atoms with E-state index in [0.717, 1.165) is 30.4 Å². The van der Waals surface area contributed by atoms with Crippen molar-refractivity contribution in [2.45, 2.75) is 58.0 Å². The summed E-state index contributed by atoms with van der Waals surface area (Å²) in [5.74, 6) is -2.60. The van der Waals surface area contributed by atoms with Crippen molar-refractivity contribution in [3.8, 4) is 11.3 Å². The summed E-state index contributed by atoms with van der Waals surface area (Å²) in [5, 5.41) is 18.9. The number of anilines is 2. The maximum atomic E-state index is 15.6. The summed E-state index contributed by atoms with van der Waals surface area (Å²) < 4.78 is 30.3. The van der Waals surface area contributed by atoms with E-state index in [2.05, 4.69) is 25.4 Å². The van der Waals surface area contributed by atoms with Crippen LogP contribution < -0.4 is 15.8 Å². The predicted molar refractivity (Wildman–Crippen MR) is 162 cm³/mol. The molecule has 8 nitrogen and oxygen atoms in total. The highest BCUT2D eigenvalue weighted by Crippen LogP contribution is 2.30. The van der Waals surface area contributed by atoms with Crippen LogP contribution in [0.3, 0.4) is 0 Å². The van der Waals surface area contributed by atoms with Crippen LogP contribution in [0.5, 0.6) is 0 Å². The van der Waals surface area contributed by atoms with Gasteiger partial charge in [-0.15, -0.1) is 0 Å². The van der Waals surface area contributed by atoms with Crippen molar-refractivity contribution in [2.75, 3.05) is 23.3 Å². The van der Waals surface area contributed by atoms with Crippen LogP contribution in [-0.4, -0.2) is 44.9 Å². The van der Waals surface area contributed by atoms with E-state index in [9.17, 15) is 19.1 Å². The van der Waals surface area contributed by atoms with Gasteiger partial charge in [-0.1, -0.05) is 32.9 Å². The van der Waals surface area contributed by atoms with Gasteiger partial charge in [0, 0.05) is 41.9 Å². The number of nitrogens with one attached hydrogen (secondary N) is 2. The van der Waals surface area contributed by atoms with Crippen LogP contribution in [0, 0.1) is 11.6 Å². The number of amides is 1. The van der Waals surface area contributed by atoms with Gasteiger partial charge in [-0.2, -0.15) is 5.10 Å².